The third-order valence-electron chi connectivity index (χ3n) is 8.52. The van der Waals surface area contributed by atoms with Crippen LogP contribution in [0.4, 0.5) is 0 Å². The van der Waals surface area contributed by atoms with Gasteiger partial charge in [0.05, 0.1) is 59.5 Å². The Morgan fingerprint density at radius 2 is 0.823 bits per heavy atom. The van der Waals surface area contributed by atoms with Crippen LogP contribution in [0.3, 0.4) is 0 Å². The summed E-state index contributed by atoms with van der Waals surface area (Å²) in [6.07, 6.45) is 3.87. The summed E-state index contributed by atoms with van der Waals surface area (Å²) < 4.78 is 31.0. The van der Waals surface area contributed by atoms with Crippen molar-refractivity contribution in [3.63, 3.8) is 0 Å². The molecule has 0 saturated carbocycles. The lowest BCUT2D eigenvalue weighted by Crippen LogP contribution is -2.35. The molecule has 0 spiro atoms. The van der Waals surface area contributed by atoms with E-state index in [1.54, 1.807) is 14.2 Å². The normalized spacial score (nSPS) is 14.0. The van der Waals surface area contributed by atoms with Gasteiger partial charge in [-0.25, -0.2) is 0 Å². The van der Waals surface area contributed by atoms with E-state index in [1.165, 1.54) is 62.0 Å². The molecule has 1 aliphatic rings. The first kappa shape index (κ1) is 71.3. The zero-order valence-corrected chi connectivity index (χ0v) is 48.2. The van der Waals surface area contributed by atoms with Gasteiger partial charge >= 0.3 is 0 Å². The van der Waals surface area contributed by atoms with Crippen LogP contribution in [0, 0.1) is 33.0 Å². The van der Waals surface area contributed by atoms with Crippen molar-refractivity contribution in [2.24, 2.45) is 33.0 Å². The molecule has 1 aliphatic heterocycles. The van der Waals surface area contributed by atoms with E-state index in [2.05, 4.69) is 154 Å². The van der Waals surface area contributed by atoms with Gasteiger partial charge in [0.2, 0.25) is 0 Å². The molecule has 0 aromatic rings. The zero-order chi connectivity index (χ0) is 49.3. The second-order valence-corrected chi connectivity index (χ2v) is 24.7. The maximum Gasteiger partial charge on any atom is 0.0701 e. The Kier molecular flexibility index (Phi) is 50.5. The molecule has 0 atom stereocenters. The van der Waals surface area contributed by atoms with Crippen molar-refractivity contribution < 1.29 is 28.4 Å². The van der Waals surface area contributed by atoms with Crippen LogP contribution in [0.15, 0.2) is 0 Å². The van der Waals surface area contributed by atoms with Crippen LogP contribution in [0.2, 0.25) is 0 Å². The fourth-order valence-electron chi connectivity index (χ4n) is 4.71. The molecule has 1 saturated heterocycles. The molecule has 0 aromatic carbocycles. The van der Waals surface area contributed by atoms with Crippen LogP contribution >= 0.6 is 23.5 Å². The highest BCUT2D eigenvalue weighted by molar-refractivity contribution is 7.99. The van der Waals surface area contributed by atoms with Gasteiger partial charge in [-0.3, -0.25) is 0 Å². The van der Waals surface area contributed by atoms with Gasteiger partial charge in [0.15, 0.2) is 0 Å². The summed E-state index contributed by atoms with van der Waals surface area (Å²) in [5.41, 5.74) is 2.10. The Morgan fingerprint density at radius 3 is 1.11 bits per heavy atom. The molecule has 0 N–H and O–H groups in total. The van der Waals surface area contributed by atoms with Gasteiger partial charge in [0, 0.05) is 45.4 Å². The molecule has 1 rings (SSSR count). The van der Waals surface area contributed by atoms with Gasteiger partial charge in [-0.2, -0.15) is 23.5 Å². The number of methoxy groups -OCH3 is 2. The third kappa shape index (κ3) is 74.7. The minimum atomic E-state index is 0.243. The standard InChI is InChI=1S/C11H24O3.C10H21N.C10H22O3.2C9H21NS.C2H6/c1-11(2,3)5-6-13-9-10-14-8-7-12-4;1-10(2,3)9-5-7-11(4)8-6-9;1-10(2,3)9-13-8-7-12-6-5-11-4;2*1-9(2,3)8-11-7-6-10(4)5;1-2/h5-10H2,1-4H3;9H,5-8H2,1-4H3;5-9H2,1-4H3;2*6-8H2,1-5H3;1-2H3. The van der Waals surface area contributed by atoms with Crippen molar-refractivity contribution >= 4 is 23.5 Å². The van der Waals surface area contributed by atoms with E-state index in [9.17, 15) is 0 Å². The van der Waals surface area contributed by atoms with Crippen LogP contribution in [-0.4, -0.2) is 179 Å². The molecule has 1 fully saturated rings. The largest absolute Gasteiger partial charge is 0.382 e. The van der Waals surface area contributed by atoms with E-state index in [4.69, 9.17) is 28.4 Å². The lowest BCUT2D eigenvalue weighted by atomic mass is 9.75. The Morgan fingerprint density at radius 1 is 0.484 bits per heavy atom. The van der Waals surface area contributed by atoms with Gasteiger partial charge in [-0.1, -0.05) is 118 Å². The minimum absolute atomic E-state index is 0.243. The van der Waals surface area contributed by atoms with E-state index < -0.39 is 0 Å². The maximum absolute atomic E-state index is 5.42. The predicted molar refractivity (Wildman–Crippen MR) is 282 cm³/mol. The summed E-state index contributed by atoms with van der Waals surface area (Å²) in [6, 6.07) is 0. The van der Waals surface area contributed by atoms with Gasteiger partial charge in [0.25, 0.3) is 0 Å². The summed E-state index contributed by atoms with van der Waals surface area (Å²) in [5, 5.41) is 0. The first-order chi connectivity index (χ1) is 28.5. The molecule has 382 valence electrons. The summed E-state index contributed by atoms with van der Waals surface area (Å²) >= 11 is 4.09. The molecule has 0 aromatic heterocycles. The predicted octanol–water partition coefficient (Wildman–Crippen LogP) is 11.9. The number of piperidine rings is 1. The molecular formula is C51H115N3O6S2. The average molecular weight is 931 g/mol. The van der Waals surface area contributed by atoms with E-state index in [1.807, 2.05) is 37.4 Å². The molecule has 0 aliphatic carbocycles. The van der Waals surface area contributed by atoms with Gasteiger partial charge in [-0.05, 0) is 112 Å². The first-order valence-electron chi connectivity index (χ1n) is 23.9. The summed E-state index contributed by atoms with van der Waals surface area (Å²) in [7, 11) is 14.0. The SMILES string of the molecule is CC.CN(C)CCSCC(C)(C)C.CN(C)CCSCC(C)(C)C.CN1CCC(C(C)(C)C)CC1.COCCOCCOCC(C)(C)C.COCCOCCOCCC(C)(C)C. The van der Waals surface area contributed by atoms with Crippen molar-refractivity contribution in [2.75, 3.05) is 165 Å². The lowest BCUT2D eigenvalue weighted by molar-refractivity contribution is 0.00574. The Labute approximate surface area is 399 Å². The lowest BCUT2D eigenvalue weighted by Gasteiger charge is -2.37. The Balaban J connectivity index is -0.000000217. The fraction of sp³-hybridized carbons (Fsp3) is 1.00. The van der Waals surface area contributed by atoms with Crippen molar-refractivity contribution in [1.82, 2.24) is 14.7 Å². The highest BCUT2D eigenvalue weighted by atomic mass is 32.2. The molecule has 0 unspecified atom stereocenters. The van der Waals surface area contributed by atoms with Crippen LogP contribution in [0.25, 0.3) is 0 Å². The highest BCUT2D eigenvalue weighted by Gasteiger charge is 2.27. The van der Waals surface area contributed by atoms with Crippen molar-refractivity contribution in [3.8, 4) is 0 Å². The average Bonchev–Trinajstić information content (AvgIpc) is 3.13. The van der Waals surface area contributed by atoms with E-state index in [-0.39, 0.29) is 5.41 Å². The van der Waals surface area contributed by atoms with E-state index in [0.29, 0.717) is 74.5 Å². The monoisotopic (exact) mass is 930 g/mol. The van der Waals surface area contributed by atoms with E-state index in [0.717, 1.165) is 25.6 Å². The molecule has 0 bridgehead atoms. The minimum Gasteiger partial charge on any atom is -0.382 e. The molecule has 9 nitrogen and oxygen atoms in total. The van der Waals surface area contributed by atoms with Crippen molar-refractivity contribution in [2.45, 2.75) is 137 Å². The number of hydrogen-bond acceptors (Lipinski definition) is 11. The third-order valence-corrected chi connectivity index (χ3v) is 11.6. The van der Waals surface area contributed by atoms with Gasteiger partial charge < -0.3 is 43.1 Å². The van der Waals surface area contributed by atoms with Crippen LogP contribution in [-0.2, 0) is 28.4 Å². The molecule has 62 heavy (non-hydrogen) atoms. The number of rotatable bonds is 23. The van der Waals surface area contributed by atoms with Crippen molar-refractivity contribution in [1.29, 1.82) is 0 Å². The number of likely N-dealkylation sites (tertiary alicyclic amines) is 1. The van der Waals surface area contributed by atoms with Crippen LogP contribution < -0.4 is 0 Å². The number of nitrogens with zero attached hydrogens (tertiary/aromatic N) is 3. The van der Waals surface area contributed by atoms with Gasteiger partial charge in [-0.15, -0.1) is 0 Å². The Bertz CT molecular complexity index is 845. The molecule has 0 amide bonds. The van der Waals surface area contributed by atoms with Gasteiger partial charge in [0.1, 0.15) is 0 Å². The van der Waals surface area contributed by atoms with Crippen LogP contribution in [0.5, 0.6) is 0 Å². The molecule has 11 heteroatoms. The zero-order valence-electron chi connectivity index (χ0n) is 46.5. The Hall–Kier alpha value is 0.340. The highest BCUT2D eigenvalue weighted by Crippen LogP contribution is 2.33. The number of ether oxygens (including phenoxy) is 6. The molecule has 1 heterocycles. The second-order valence-electron chi connectivity index (χ2n) is 22.5. The maximum atomic E-state index is 5.42. The summed E-state index contributed by atoms with van der Waals surface area (Å²) in [5.74, 6) is 5.98. The summed E-state index contributed by atoms with van der Waals surface area (Å²) in [4.78, 5) is 6.90. The second kappa shape index (κ2) is 43.9. The fourth-order valence-corrected chi connectivity index (χ4v) is 7.21. The number of hydrogen-bond donors (Lipinski definition) is 0. The van der Waals surface area contributed by atoms with Crippen molar-refractivity contribution in [3.05, 3.63) is 0 Å². The number of thioether (sulfide) groups is 2. The smallest absolute Gasteiger partial charge is 0.0701 e. The summed E-state index contributed by atoms with van der Waals surface area (Å²) in [6.45, 7) is 49.8. The first-order valence-corrected chi connectivity index (χ1v) is 26.2. The van der Waals surface area contributed by atoms with Crippen LogP contribution in [0.1, 0.15) is 137 Å². The molecular weight excluding hydrogens is 815 g/mol. The molecule has 0 radical (unpaired) electrons. The quantitative estimate of drug-likeness (QED) is 0.0921. The van der Waals surface area contributed by atoms with E-state index >= 15 is 0 Å². The topological polar surface area (TPSA) is 65.1 Å².